The number of hydrogen-bond acceptors (Lipinski definition) is 5. The number of anilines is 1. The molecule has 0 fully saturated rings. The van der Waals surface area contributed by atoms with Crippen molar-refractivity contribution >= 4 is 15.7 Å². The lowest BCUT2D eigenvalue weighted by molar-refractivity contribution is 0.288. The third kappa shape index (κ3) is 3.17. The molecule has 0 unspecified atom stereocenters. The first-order chi connectivity index (χ1) is 11.4. The summed E-state index contributed by atoms with van der Waals surface area (Å²) in [6.45, 7) is 4.23. The van der Waals surface area contributed by atoms with Crippen LogP contribution in [0.2, 0.25) is 0 Å². The second-order valence-corrected chi connectivity index (χ2v) is 7.45. The van der Waals surface area contributed by atoms with Crippen LogP contribution in [0.4, 0.5) is 5.69 Å². The lowest BCUT2D eigenvalue weighted by Gasteiger charge is -2.19. The number of aryl methyl sites for hydroxylation is 3. The van der Waals surface area contributed by atoms with Gasteiger partial charge in [-0.1, -0.05) is 0 Å². The smallest absolute Gasteiger partial charge is 0.261 e. The first-order valence-electron chi connectivity index (χ1n) is 7.71. The van der Waals surface area contributed by atoms with Crippen molar-refractivity contribution in [1.29, 1.82) is 0 Å². The fourth-order valence-electron chi connectivity index (χ4n) is 2.75. The predicted molar refractivity (Wildman–Crippen MR) is 91.3 cm³/mol. The normalized spacial score (nSPS) is 13.8. The summed E-state index contributed by atoms with van der Waals surface area (Å²) in [5.41, 5.74) is 2.72. The lowest BCUT2D eigenvalue weighted by Crippen LogP contribution is -2.16. The highest BCUT2D eigenvalue weighted by Crippen LogP contribution is 2.29. The van der Waals surface area contributed by atoms with Crippen molar-refractivity contribution in [3.63, 3.8) is 0 Å². The monoisotopic (exact) mass is 348 g/mol. The van der Waals surface area contributed by atoms with Crippen molar-refractivity contribution < 1.29 is 17.9 Å². The summed E-state index contributed by atoms with van der Waals surface area (Å²) < 4.78 is 38.8. The van der Waals surface area contributed by atoms with Crippen molar-refractivity contribution in [3.05, 3.63) is 41.1 Å². The first kappa shape index (κ1) is 16.6. The highest BCUT2D eigenvalue weighted by molar-refractivity contribution is 7.92. The Bertz CT molecular complexity index is 855. The van der Waals surface area contributed by atoms with E-state index in [1.165, 1.54) is 7.11 Å². The second kappa shape index (κ2) is 6.32. The van der Waals surface area contributed by atoms with Crippen LogP contribution in [0.5, 0.6) is 11.6 Å². The highest BCUT2D eigenvalue weighted by atomic mass is 32.2. The first-order valence-corrected chi connectivity index (χ1v) is 9.20. The number of benzene rings is 1. The van der Waals surface area contributed by atoms with Crippen LogP contribution in [0, 0.1) is 13.8 Å². The molecule has 0 amide bonds. The van der Waals surface area contributed by atoms with Crippen molar-refractivity contribution in [3.8, 4) is 11.6 Å². The molecule has 128 valence electrons. The topological polar surface area (TPSA) is 77.5 Å². The predicted octanol–water partition coefficient (Wildman–Crippen LogP) is 2.83. The van der Waals surface area contributed by atoms with Crippen LogP contribution in [0.1, 0.15) is 23.2 Å². The number of nitrogens with zero attached hydrogens (tertiary/aromatic N) is 1. The average molecular weight is 348 g/mol. The van der Waals surface area contributed by atoms with E-state index in [0.717, 1.165) is 29.7 Å². The van der Waals surface area contributed by atoms with Gasteiger partial charge >= 0.3 is 0 Å². The summed E-state index contributed by atoms with van der Waals surface area (Å²) in [4.78, 5) is 4.45. The molecular formula is C17H20N2O4S. The Labute approximate surface area is 141 Å². The van der Waals surface area contributed by atoms with Crippen LogP contribution >= 0.6 is 0 Å². The quantitative estimate of drug-likeness (QED) is 0.919. The molecule has 1 aliphatic heterocycles. The largest absolute Gasteiger partial charge is 0.493 e. The van der Waals surface area contributed by atoms with Crippen molar-refractivity contribution in [2.24, 2.45) is 0 Å². The number of hydrogen-bond donors (Lipinski definition) is 1. The van der Waals surface area contributed by atoms with Gasteiger partial charge in [0.25, 0.3) is 10.0 Å². The van der Waals surface area contributed by atoms with E-state index < -0.39 is 10.0 Å². The Balaban J connectivity index is 1.95. The van der Waals surface area contributed by atoms with E-state index in [0.29, 0.717) is 23.9 Å². The van der Waals surface area contributed by atoms with E-state index in [1.54, 1.807) is 31.2 Å². The molecule has 2 aromatic rings. The van der Waals surface area contributed by atoms with Crippen LogP contribution in [0.3, 0.4) is 0 Å². The molecule has 0 spiro atoms. The number of ether oxygens (including phenoxy) is 2. The van der Waals surface area contributed by atoms with Crippen molar-refractivity contribution in [2.75, 3.05) is 18.4 Å². The third-order valence-corrected chi connectivity index (χ3v) is 5.36. The standard InChI is InChI=1S/C17H20N2O4S/c1-11-9-16(22-3)18-12(2)17(11)19-24(20,21)14-6-7-15-13(10-14)5-4-8-23-15/h6-7,9-10,19H,4-5,8H2,1-3H3. The maximum Gasteiger partial charge on any atom is 0.261 e. The minimum atomic E-state index is -3.70. The maximum absolute atomic E-state index is 12.7. The summed E-state index contributed by atoms with van der Waals surface area (Å²) >= 11 is 0. The summed E-state index contributed by atoms with van der Waals surface area (Å²) in [5.74, 6) is 1.22. The zero-order chi connectivity index (χ0) is 17.3. The Kier molecular flexibility index (Phi) is 4.36. The minimum absolute atomic E-state index is 0.223. The number of pyridine rings is 1. The van der Waals surface area contributed by atoms with Crippen molar-refractivity contribution in [2.45, 2.75) is 31.6 Å². The zero-order valence-corrected chi connectivity index (χ0v) is 14.7. The van der Waals surface area contributed by atoms with Crippen LogP contribution < -0.4 is 14.2 Å². The van der Waals surface area contributed by atoms with E-state index in [2.05, 4.69) is 9.71 Å². The third-order valence-electron chi connectivity index (χ3n) is 4.01. The summed E-state index contributed by atoms with van der Waals surface area (Å²) in [7, 11) is -2.17. The van der Waals surface area contributed by atoms with E-state index >= 15 is 0 Å². The SMILES string of the molecule is COc1cc(C)c(NS(=O)(=O)c2ccc3c(c2)CCCO3)c(C)n1. The number of rotatable bonds is 4. The highest BCUT2D eigenvalue weighted by Gasteiger charge is 2.20. The second-order valence-electron chi connectivity index (χ2n) is 5.77. The van der Waals surface area contributed by atoms with E-state index in [9.17, 15) is 8.42 Å². The maximum atomic E-state index is 12.7. The summed E-state index contributed by atoms with van der Waals surface area (Å²) in [6.07, 6.45) is 1.71. The number of fused-ring (bicyclic) bond motifs is 1. The molecule has 1 aromatic heterocycles. The molecule has 0 aliphatic carbocycles. The molecule has 6 nitrogen and oxygen atoms in total. The summed E-state index contributed by atoms with van der Waals surface area (Å²) in [6, 6.07) is 6.66. The molecule has 0 saturated carbocycles. The van der Waals surface area contributed by atoms with Crippen LogP contribution in [0.25, 0.3) is 0 Å². The van der Waals surface area contributed by atoms with Gasteiger partial charge in [0.05, 0.1) is 30.0 Å². The van der Waals surface area contributed by atoms with Crippen LogP contribution in [-0.2, 0) is 16.4 Å². The molecule has 0 bridgehead atoms. The molecule has 1 aliphatic rings. The molecule has 0 atom stereocenters. The van der Waals surface area contributed by atoms with Gasteiger partial charge in [-0.2, -0.15) is 0 Å². The molecule has 0 radical (unpaired) electrons. The number of aromatic nitrogens is 1. The molecule has 24 heavy (non-hydrogen) atoms. The van der Waals surface area contributed by atoms with E-state index in [4.69, 9.17) is 9.47 Å². The van der Waals surface area contributed by atoms with Gasteiger partial charge in [-0.05, 0) is 56.0 Å². The Hall–Kier alpha value is -2.28. The minimum Gasteiger partial charge on any atom is -0.493 e. The van der Waals surface area contributed by atoms with Gasteiger partial charge in [-0.15, -0.1) is 0 Å². The van der Waals surface area contributed by atoms with Gasteiger partial charge in [0.15, 0.2) is 0 Å². The number of methoxy groups -OCH3 is 1. The van der Waals surface area contributed by atoms with Gasteiger partial charge in [0.2, 0.25) is 5.88 Å². The molecule has 2 heterocycles. The summed E-state index contributed by atoms with van der Waals surface area (Å²) in [5, 5.41) is 0. The van der Waals surface area contributed by atoms with Crippen molar-refractivity contribution in [1.82, 2.24) is 4.98 Å². The molecule has 1 aromatic carbocycles. The van der Waals surface area contributed by atoms with E-state index in [-0.39, 0.29) is 4.90 Å². The van der Waals surface area contributed by atoms with Gasteiger partial charge in [0.1, 0.15) is 5.75 Å². The lowest BCUT2D eigenvalue weighted by atomic mass is 10.1. The average Bonchev–Trinajstić information content (AvgIpc) is 2.57. The molecular weight excluding hydrogens is 328 g/mol. The van der Waals surface area contributed by atoms with Crippen LogP contribution in [0.15, 0.2) is 29.2 Å². The molecule has 3 rings (SSSR count). The zero-order valence-electron chi connectivity index (χ0n) is 13.9. The molecule has 7 heteroatoms. The van der Waals surface area contributed by atoms with Crippen LogP contribution in [-0.4, -0.2) is 27.1 Å². The fourth-order valence-corrected chi connectivity index (χ4v) is 3.99. The fraction of sp³-hybridized carbons (Fsp3) is 0.353. The van der Waals surface area contributed by atoms with Gasteiger partial charge in [-0.3, -0.25) is 4.72 Å². The van der Waals surface area contributed by atoms with Gasteiger partial charge in [0, 0.05) is 6.07 Å². The Morgan fingerprint density at radius 2 is 2.04 bits per heavy atom. The van der Waals surface area contributed by atoms with Gasteiger partial charge < -0.3 is 9.47 Å². The Morgan fingerprint density at radius 1 is 1.25 bits per heavy atom. The van der Waals surface area contributed by atoms with Gasteiger partial charge in [-0.25, -0.2) is 13.4 Å². The molecule has 1 N–H and O–H groups in total. The molecule has 0 saturated heterocycles. The number of nitrogens with one attached hydrogen (secondary N) is 1. The Morgan fingerprint density at radius 3 is 2.75 bits per heavy atom. The number of sulfonamides is 1. The van der Waals surface area contributed by atoms with E-state index in [1.807, 2.05) is 6.92 Å².